The first-order chi connectivity index (χ1) is 18.6. The smallest absolute Gasteiger partial charge is 0.460 e. The van der Waals surface area contributed by atoms with Crippen LogP contribution in [0.15, 0.2) is 24.3 Å². The molecule has 0 unspecified atom stereocenters. The van der Waals surface area contributed by atoms with Crippen molar-refractivity contribution in [2.75, 3.05) is 0 Å². The summed E-state index contributed by atoms with van der Waals surface area (Å²) in [6, 6.07) is 0. The third-order valence-corrected chi connectivity index (χ3v) is 5.67. The fourth-order valence-electron chi connectivity index (χ4n) is 3.43. The fourth-order valence-corrected chi connectivity index (χ4v) is 3.43. The predicted molar refractivity (Wildman–Crippen MR) is 108 cm³/mol. The quantitative estimate of drug-likeness (QED) is 0.206. The van der Waals surface area contributed by atoms with Crippen molar-refractivity contribution in [2.24, 2.45) is 11.8 Å². The summed E-state index contributed by atoms with van der Waals surface area (Å²) in [4.78, 5) is 36.0. The maximum Gasteiger partial charge on any atom is 0.460 e. The molecule has 0 bridgehead atoms. The van der Waals surface area contributed by atoms with Crippen LogP contribution in [0.4, 0.5) is 61.5 Å². The first-order valence-corrected chi connectivity index (χ1v) is 11.2. The van der Waals surface area contributed by atoms with E-state index in [1.54, 1.807) is 0 Å². The maximum atomic E-state index is 14.7. The monoisotopic (exact) mass is 646 g/mol. The SMILES string of the molecule is C[C@@H]1OC(=O)/C=C/[C@@H](C(F)(F)C(F)(F)F)[C@@H](C)OC(=O)C[C@H](C)OC(=O)/C=C/[C@@H]1C(F)(F)C(F)(F)C(F)(F)C(F)(F)F. The summed E-state index contributed by atoms with van der Waals surface area (Å²) >= 11 is 0. The van der Waals surface area contributed by atoms with E-state index in [-0.39, 0.29) is 31.2 Å². The summed E-state index contributed by atoms with van der Waals surface area (Å²) in [6.07, 6.45) is -22.7. The van der Waals surface area contributed by atoms with Crippen LogP contribution in [0.5, 0.6) is 0 Å². The van der Waals surface area contributed by atoms with Gasteiger partial charge in [-0.3, -0.25) is 4.79 Å². The molecule has 1 rings (SSSR count). The molecule has 1 aliphatic rings. The van der Waals surface area contributed by atoms with Gasteiger partial charge in [-0.15, -0.1) is 0 Å². The molecule has 1 heterocycles. The van der Waals surface area contributed by atoms with E-state index in [1.165, 1.54) is 0 Å². The molecule has 0 saturated heterocycles. The number of hydrogen-bond acceptors (Lipinski definition) is 6. The van der Waals surface area contributed by atoms with Gasteiger partial charge in [0.05, 0.1) is 18.3 Å². The van der Waals surface area contributed by atoms with E-state index in [1.807, 2.05) is 0 Å². The molecular formula is C22H20F14O6. The Balaban J connectivity index is 3.71. The molecule has 0 fully saturated rings. The van der Waals surface area contributed by atoms with E-state index in [2.05, 4.69) is 14.2 Å². The van der Waals surface area contributed by atoms with Gasteiger partial charge in [-0.25, -0.2) is 9.59 Å². The number of hydrogen-bond donors (Lipinski definition) is 0. The van der Waals surface area contributed by atoms with Crippen molar-refractivity contribution in [3.8, 4) is 0 Å². The average molecular weight is 646 g/mol. The Labute approximate surface area is 226 Å². The van der Waals surface area contributed by atoms with Crippen LogP contribution in [0.2, 0.25) is 0 Å². The van der Waals surface area contributed by atoms with Gasteiger partial charge in [-0.05, 0) is 20.8 Å². The molecule has 0 spiro atoms. The van der Waals surface area contributed by atoms with Crippen LogP contribution < -0.4 is 0 Å². The Morgan fingerprint density at radius 2 is 0.976 bits per heavy atom. The molecule has 0 aromatic rings. The molecular weight excluding hydrogens is 626 g/mol. The third-order valence-electron chi connectivity index (χ3n) is 5.67. The zero-order valence-corrected chi connectivity index (χ0v) is 21.1. The lowest BCUT2D eigenvalue weighted by Crippen LogP contribution is -2.64. The van der Waals surface area contributed by atoms with Gasteiger partial charge in [0.15, 0.2) is 0 Å². The molecule has 0 aromatic carbocycles. The van der Waals surface area contributed by atoms with Crippen LogP contribution in [0.1, 0.15) is 27.2 Å². The maximum absolute atomic E-state index is 14.7. The number of cyclic esters (lactones) is 3. The molecule has 1 aliphatic heterocycles. The van der Waals surface area contributed by atoms with Crippen molar-refractivity contribution < 1.29 is 90.1 Å². The predicted octanol–water partition coefficient (Wildman–Crippen LogP) is 6.20. The number of ether oxygens (including phenoxy) is 3. The Morgan fingerprint density at radius 3 is 1.40 bits per heavy atom. The van der Waals surface area contributed by atoms with Gasteiger partial charge >= 0.3 is 54.0 Å². The number of halogens is 14. The standard InChI is InChI=1S/C22H20F14O6/c1-9-8-16(39)42-11(3)13(18(25,26)21(31,32)33)5-7-15(38)41-10(2)12(4-6-14(37)40-9)17(23,24)19(27,28)20(29,30)22(34,35)36/h4-7,9-13H,8H2,1-3H3/b6-4+,7-5+/t9-,10-,11+,12-,13+/m0/s1. The third kappa shape index (κ3) is 7.64. The number of carbonyl (C=O) groups is 3. The van der Waals surface area contributed by atoms with Gasteiger partial charge in [-0.2, -0.15) is 61.5 Å². The second kappa shape index (κ2) is 12.3. The topological polar surface area (TPSA) is 78.9 Å². The molecule has 6 nitrogen and oxygen atoms in total. The van der Waals surface area contributed by atoms with Crippen LogP contribution in [0, 0.1) is 11.8 Å². The lowest BCUT2D eigenvalue weighted by molar-refractivity contribution is -0.403. The van der Waals surface area contributed by atoms with E-state index in [0.717, 1.165) is 6.92 Å². The van der Waals surface area contributed by atoms with Gasteiger partial charge in [-0.1, -0.05) is 12.2 Å². The molecule has 5 atom stereocenters. The highest BCUT2D eigenvalue weighted by atomic mass is 19.4. The average Bonchev–Trinajstić information content (AvgIpc) is 2.76. The number of carbonyl (C=O) groups excluding carboxylic acids is 3. The fraction of sp³-hybridized carbons (Fsp3) is 0.682. The van der Waals surface area contributed by atoms with Crippen molar-refractivity contribution in [1.29, 1.82) is 0 Å². The zero-order chi connectivity index (χ0) is 33.3. The molecule has 0 saturated carbocycles. The summed E-state index contributed by atoms with van der Waals surface area (Å²) in [6.45, 7) is 1.61. The van der Waals surface area contributed by atoms with E-state index in [4.69, 9.17) is 0 Å². The number of rotatable bonds is 4. The molecule has 20 heteroatoms. The lowest BCUT2D eigenvalue weighted by Gasteiger charge is -2.38. The molecule has 0 amide bonds. The van der Waals surface area contributed by atoms with Crippen molar-refractivity contribution >= 4 is 17.9 Å². The first-order valence-electron chi connectivity index (χ1n) is 11.2. The van der Waals surface area contributed by atoms with Gasteiger partial charge in [0.1, 0.15) is 18.3 Å². The molecule has 0 aromatic heterocycles. The minimum absolute atomic E-state index is 0.156. The molecule has 242 valence electrons. The Hall–Kier alpha value is -3.09. The second-order valence-corrected chi connectivity index (χ2v) is 8.95. The van der Waals surface area contributed by atoms with Crippen molar-refractivity contribution in [3.05, 3.63) is 24.3 Å². The summed E-state index contributed by atoms with van der Waals surface area (Å²) in [5, 5.41) is 0. The summed E-state index contributed by atoms with van der Waals surface area (Å²) in [5.74, 6) is -39.4. The van der Waals surface area contributed by atoms with Crippen molar-refractivity contribution in [1.82, 2.24) is 0 Å². The first kappa shape index (κ1) is 36.9. The van der Waals surface area contributed by atoms with Crippen LogP contribution in [-0.2, 0) is 28.6 Å². The lowest BCUT2D eigenvalue weighted by atomic mass is 9.87. The molecule has 0 N–H and O–H groups in total. The van der Waals surface area contributed by atoms with E-state index in [0.29, 0.717) is 6.92 Å². The number of esters is 3. The van der Waals surface area contributed by atoms with E-state index < -0.39 is 90.5 Å². The molecule has 42 heavy (non-hydrogen) atoms. The van der Waals surface area contributed by atoms with Crippen LogP contribution >= 0.6 is 0 Å². The zero-order valence-electron chi connectivity index (χ0n) is 21.1. The minimum atomic E-state index is -7.40. The normalized spacial score (nSPS) is 28.4. The Bertz CT molecular complexity index is 1060. The Kier molecular flexibility index (Phi) is 10.8. The summed E-state index contributed by atoms with van der Waals surface area (Å²) in [7, 11) is 0. The van der Waals surface area contributed by atoms with E-state index >= 15 is 0 Å². The van der Waals surface area contributed by atoms with Gasteiger partial charge < -0.3 is 14.2 Å². The largest absolute Gasteiger partial charge is 0.462 e. The second-order valence-electron chi connectivity index (χ2n) is 8.95. The van der Waals surface area contributed by atoms with Gasteiger partial charge in [0, 0.05) is 12.2 Å². The van der Waals surface area contributed by atoms with Crippen LogP contribution in [0.3, 0.4) is 0 Å². The van der Waals surface area contributed by atoms with Crippen molar-refractivity contribution in [3.63, 3.8) is 0 Å². The van der Waals surface area contributed by atoms with Crippen molar-refractivity contribution in [2.45, 2.75) is 81.5 Å². The molecule has 0 aliphatic carbocycles. The molecule has 0 radical (unpaired) electrons. The Morgan fingerprint density at radius 1 is 0.571 bits per heavy atom. The minimum Gasteiger partial charge on any atom is -0.462 e. The van der Waals surface area contributed by atoms with Crippen LogP contribution in [0.25, 0.3) is 0 Å². The summed E-state index contributed by atoms with van der Waals surface area (Å²) in [5.41, 5.74) is 0. The summed E-state index contributed by atoms with van der Waals surface area (Å²) < 4.78 is 203. The van der Waals surface area contributed by atoms with Gasteiger partial charge in [0.2, 0.25) is 0 Å². The number of alkyl halides is 14. The van der Waals surface area contributed by atoms with Gasteiger partial charge in [0.25, 0.3) is 0 Å². The highest BCUT2D eigenvalue weighted by molar-refractivity contribution is 5.83. The van der Waals surface area contributed by atoms with E-state index in [9.17, 15) is 75.8 Å². The highest BCUT2D eigenvalue weighted by Gasteiger charge is 2.83. The highest BCUT2D eigenvalue weighted by Crippen LogP contribution is 2.56. The van der Waals surface area contributed by atoms with Crippen LogP contribution in [-0.4, -0.2) is 72.3 Å².